The summed E-state index contributed by atoms with van der Waals surface area (Å²) in [6.07, 6.45) is 2.88. The van der Waals surface area contributed by atoms with Crippen LogP contribution in [0.5, 0.6) is 5.75 Å². The fourth-order valence-corrected chi connectivity index (χ4v) is 1.91. The van der Waals surface area contributed by atoms with E-state index >= 15 is 0 Å². The molecule has 0 aliphatic carbocycles. The number of ether oxygens (including phenoxy) is 1. The Morgan fingerprint density at radius 3 is 2.37 bits per heavy atom. The third-order valence-electron chi connectivity index (χ3n) is 2.97. The van der Waals surface area contributed by atoms with Gasteiger partial charge >= 0.3 is 0 Å². The van der Waals surface area contributed by atoms with Crippen molar-refractivity contribution in [2.24, 2.45) is 4.99 Å². The van der Waals surface area contributed by atoms with Gasteiger partial charge in [-0.15, -0.1) is 0 Å². The van der Waals surface area contributed by atoms with Gasteiger partial charge in [0.15, 0.2) is 0 Å². The van der Waals surface area contributed by atoms with Crippen molar-refractivity contribution in [2.45, 2.75) is 19.4 Å². The maximum atomic E-state index is 5.15. The average molecular weight is 253 g/mol. The van der Waals surface area contributed by atoms with Crippen LogP contribution in [0.25, 0.3) is 0 Å². The minimum absolute atomic E-state index is 0.272. The molecule has 98 valence electrons. The first-order valence-corrected chi connectivity index (χ1v) is 6.49. The number of aliphatic imine (C=N–C) groups is 1. The predicted molar refractivity (Wildman–Crippen MR) is 80.2 cm³/mol. The Labute approximate surface area is 114 Å². The van der Waals surface area contributed by atoms with Crippen molar-refractivity contribution < 1.29 is 4.74 Å². The highest BCUT2D eigenvalue weighted by atomic mass is 16.5. The number of methoxy groups -OCH3 is 1. The third-order valence-corrected chi connectivity index (χ3v) is 2.97. The predicted octanol–water partition coefficient (Wildman–Crippen LogP) is 3.75. The normalized spacial score (nSPS) is 12.5. The lowest BCUT2D eigenvalue weighted by Crippen LogP contribution is -2.03. The Morgan fingerprint density at radius 1 is 1.05 bits per heavy atom. The van der Waals surface area contributed by atoms with E-state index < -0.39 is 0 Å². The number of benzene rings is 2. The van der Waals surface area contributed by atoms with Gasteiger partial charge in [-0.3, -0.25) is 4.99 Å². The van der Waals surface area contributed by atoms with E-state index in [-0.39, 0.29) is 6.04 Å². The largest absolute Gasteiger partial charge is 0.497 e. The molecule has 0 aliphatic heterocycles. The van der Waals surface area contributed by atoms with Crippen LogP contribution in [0.1, 0.15) is 18.1 Å². The molecule has 0 amide bonds. The van der Waals surface area contributed by atoms with Crippen LogP contribution in [0.3, 0.4) is 0 Å². The molecule has 0 aliphatic rings. The van der Waals surface area contributed by atoms with E-state index in [4.69, 9.17) is 4.74 Å². The lowest BCUT2D eigenvalue weighted by molar-refractivity contribution is 0.414. The van der Waals surface area contributed by atoms with E-state index in [1.807, 2.05) is 36.5 Å². The molecule has 0 fully saturated rings. The fraction of sp³-hybridized carbons (Fsp3) is 0.235. The van der Waals surface area contributed by atoms with Crippen LogP contribution in [0, 0.1) is 0 Å². The van der Waals surface area contributed by atoms with Crippen LogP contribution in [0.4, 0.5) is 0 Å². The van der Waals surface area contributed by atoms with Crippen molar-refractivity contribution in [3.8, 4) is 5.75 Å². The Bertz CT molecular complexity index is 517. The molecule has 0 saturated carbocycles. The Kier molecular flexibility index (Phi) is 4.73. The van der Waals surface area contributed by atoms with E-state index in [1.54, 1.807) is 7.11 Å². The van der Waals surface area contributed by atoms with E-state index in [1.165, 1.54) is 5.56 Å². The first-order chi connectivity index (χ1) is 9.28. The molecule has 0 aromatic heterocycles. The molecule has 0 bridgehead atoms. The maximum absolute atomic E-state index is 5.15. The van der Waals surface area contributed by atoms with Crippen LogP contribution in [0.15, 0.2) is 59.6 Å². The summed E-state index contributed by atoms with van der Waals surface area (Å²) in [5.74, 6) is 0.893. The molecule has 2 nitrogen and oxygen atoms in total. The second-order valence-corrected chi connectivity index (χ2v) is 4.59. The Balaban J connectivity index is 1.93. The summed E-state index contributed by atoms with van der Waals surface area (Å²) in [5, 5.41) is 0. The highest BCUT2D eigenvalue weighted by Crippen LogP contribution is 2.13. The third kappa shape index (κ3) is 4.25. The maximum Gasteiger partial charge on any atom is 0.118 e. The molecule has 1 atom stereocenters. The van der Waals surface area contributed by atoms with E-state index in [9.17, 15) is 0 Å². The second-order valence-electron chi connectivity index (χ2n) is 4.59. The van der Waals surface area contributed by atoms with Crippen LogP contribution in [-0.4, -0.2) is 19.4 Å². The zero-order valence-corrected chi connectivity index (χ0v) is 11.4. The van der Waals surface area contributed by atoms with Crippen LogP contribution < -0.4 is 4.74 Å². The summed E-state index contributed by atoms with van der Waals surface area (Å²) < 4.78 is 5.15. The summed E-state index contributed by atoms with van der Waals surface area (Å²) in [7, 11) is 1.68. The number of hydrogen-bond donors (Lipinski definition) is 0. The minimum atomic E-state index is 0.272. The number of nitrogens with zero attached hydrogens (tertiary/aromatic N) is 1. The van der Waals surface area contributed by atoms with E-state index in [2.05, 4.69) is 36.2 Å². The van der Waals surface area contributed by atoms with Crippen molar-refractivity contribution in [3.05, 3.63) is 65.7 Å². The van der Waals surface area contributed by atoms with Gasteiger partial charge in [-0.2, -0.15) is 0 Å². The Hall–Kier alpha value is -2.09. The Morgan fingerprint density at radius 2 is 1.74 bits per heavy atom. The highest BCUT2D eigenvalue weighted by Gasteiger charge is 2.01. The van der Waals surface area contributed by atoms with Crippen molar-refractivity contribution in [1.29, 1.82) is 0 Å². The highest BCUT2D eigenvalue weighted by molar-refractivity contribution is 5.79. The molecule has 0 saturated heterocycles. The van der Waals surface area contributed by atoms with Gasteiger partial charge in [0.1, 0.15) is 5.75 Å². The molecule has 2 rings (SSSR count). The molecule has 0 heterocycles. The summed E-state index contributed by atoms with van der Waals surface area (Å²) in [6.45, 7) is 2.13. The lowest BCUT2D eigenvalue weighted by atomic mass is 10.1. The molecule has 2 heteroatoms. The second kappa shape index (κ2) is 6.74. The lowest BCUT2D eigenvalue weighted by Gasteiger charge is -2.07. The summed E-state index contributed by atoms with van der Waals surface area (Å²) in [5.41, 5.74) is 2.42. The minimum Gasteiger partial charge on any atom is -0.497 e. The van der Waals surface area contributed by atoms with Crippen molar-refractivity contribution in [2.75, 3.05) is 7.11 Å². The van der Waals surface area contributed by atoms with Gasteiger partial charge < -0.3 is 4.74 Å². The molecule has 1 unspecified atom stereocenters. The molecular weight excluding hydrogens is 234 g/mol. The van der Waals surface area contributed by atoms with Crippen LogP contribution >= 0.6 is 0 Å². The molecular formula is C17H19NO. The summed E-state index contributed by atoms with van der Waals surface area (Å²) in [4.78, 5) is 4.58. The summed E-state index contributed by atoms with van der Waals surface area (Å²) >= 11 is 0. The van der Waals surface area contributed by atoms with E-state index in [0.29, 0.717) is 0 Å². The standard InChI is InChI=1S/C17H19NO/c1-14(18-13-16-6-4-3-5-7-16)12-15-8-10-17(19-2)11-9-15/h3-11,13-14H,12H2,1-2H3. The quantitative estimate of drug-likeness (QED) is 0.744. The van der Waals surface area contributed by atoms with Gasteiger partial charge in [0.25, 0.3) is 0 Å². The van der Waals surface area contributed by atoms with Gasteiger partial charge in [0, 0.05) is 6.21 Å². The molecule has 0 N–H and O–H groups in total. The van der Waals surface area contributed by atoms with Gasteiger partial charge in [0.2, 0.25) is 0 Å². The van der Waals surface area contributed by atoms with Crippen LogP contribution in [0.2, 0.25) is 0 Å². The van der Waals surface area contributed by atoms with Crippen molar-refractivity contribution >= 4 is 6.21 Å². The first kappa shape index (κ1) is 13.3. The molecule has 2 aromatic rings. The SMILES string of the molecule is COc1ccc(CC(C)N=Cc2ccccc2)cc1. The summed E-state index contributed by atoms with van der Waals surface area (Å²) in [6, 6.07) is 18.6. The topological polar surface area (TPSA) is 21.6 Å². The number of hydrogen-bond acceptors (Lipinski definition) is 2. The molecule has 2 aromatic carbocycles. The molecule has 19 heavy (non-hydrogen) atoms. The van der Waals surface area contributed by atoms with Gasteiger partial charge in [-0.05, 0) is 36.6 Å². The smallest absolute Gasteiger partial charge is 0.118 e. The van der Waals surface area contributed by atoms with Crippen LogP contribution in [-0.2, 0) is 6.42 Å². The zero-order valence-electron chi connectivity index (χ0n) is 11.4. The molecule has 0 spiro atoms. The zero-order chi connectivity index (χ0) is 13.5. The number of rotatable bonds is 5. The molecule has 0 radical (unpaired) electrons. The monoisotopic (exact) mass is 253 g/mol. The van der Waals surface area contributed by atoms with Gasteiger partial charge in [0.05, 0.1) is 13.2 Å². The first-order valence-electron chi connectivity index (χ1n) is 6.49. The van der Waals surface area contributed by atoms with Crippen molar-refractivity contribution in [1.82, 2.24) is 0 Å². The van der Waals surface area contributed by atoms with Gasteiger partial charge in [-0.1, -0.05) is 42.5 Å². The van der Waals surface area contributed by atoms with Gasteiger partial charge in [-0.25, -0.2) is 0 Å². The van der Waals surface area contributed by atoms with E-state index in [0.717, 1.165) is 17.7 Å². The fourth-order valence-electron chi connectivity index (χ4n) is 1.91. The van der Waals surface area contributed by atoms with Crippen molar-refractivity contribution in [3.63, 3.8) is 0 Å². The average Bonchev–Trinajstić information content (AvgIpc) is 2.47.